The predicted octanol–water partition coefficient (Wildman–Crippen LogP) is 6.09. The Labute approximate surface area is 144 Å². The maximum Gasteiger partial charge on any atom is 0.158 e. The fourth-order valence-corrected chi connectivity index (χ4v) is 4.44. The number of allylic oxidation sites excluding steroid dienone is 3. The highest BCUT2D eigenvalue weighted by atomic mass is 35.5. The fourth-order valence-electron chi connectivity index (χ4n) is 4.32. The van der Waals surface area contributed by atoms with Gasteiger partial charge in [-0.2, -0.15) is 0 Å². The Balaban J connectivity index is 1.68. The minimum absolute atomic E-state index is 0.179. The van der Waals surface area contributed by atoms with Crippen molar-refractivity contribution in [2.75, 3.05) is 0 Å². The lowest BCUT2D eigenvalue weighted by Crippen LogP contribution is -2.38. The van der Waals surface area contributed by atoms with Crippen LogP contribution in [0.4, 0.5) is 0 Å². The zero-order valence-corrected chi connectivity index (χ0v) is 14.8. The van der Waals surface area contributed by atoms with Gasteiger partial charge in [0.2, 0.25) is 0 Å². The van der Waals surface area contributed by atoms with Crippen molar-refractivity contribution < 1.29 is 4.79 Å². The van der Waals surface area contributed by atoms with Gasteiger partial charge < -0.3 is 0 Å². The van der Waals surface area contributed by atoms with Crippen molar-refractivity contribution in [3.05, 3.63) is 52.6 Å². The number of hydrogen-bond acceptors (Lipinski definition) is 1. The van der Waals surface area contributed by atoms with E-state index in [0.29, 0.717) is 11.3 Å². The minimum Gasteiger partial charge on any atom is -0.295 e. The van der Waals surface area contributed by atoms with Gasteiger partial charge >= 0.3 is 0 Å². The van der Waals surface area contributed by atoms with Gasteiger partial charge in [0, 0.05) is 10.9 Å². The molecule has 0 radical (unpaired) electrons. The zero-order valence-electron chi connectivity index (χ0n) is 14.0. The van der Waals surface area contributed by atoms with E-state index in [4.69, 9.17) is 11.6 Å². The number of halogens is 1. The monoisotopic (exact) mass is 328 g/mol. The van der Waals surface area contributed by atoms with Gasteiger partial charge in [0.05, 0.1) is 0 Å². The number of ketones is 1. The molecule has 0 spiro atoms. The standard InChI is InChI=1S/C21H25ClO/c1-15-4-3-12-21(2)13-11-17(14-19(15)21)20(23)10-7-16-5-8-18(22)9-6-16/h4-10,17,19H,3,11-14H2,1-2H3. The quantitative estimate of drug-likeness (QED) is 0.485. The fraction of sp³-hybridized carbons (Fsp3) is 0.476. The van der Waals surface area contributed by atoms with Gasteiger partial charge in [0.25, 0.3) is 0 Å². The van der Waals surface area contributed by atoms with E-state index in [1.54, 1.807) is 6.08 Å². The molecule has 1 fully saturated rings. The van der Waals surface area contributed by atoms with Crippen molar-refractivity contribution in [1.29, 1.82) is 0 Å². The highest BCUT2D eigenvalue weighted by Gasteiger charge is 2.42. The topological polar surface area (TPSA) is 17.1 Å². The van der Waals surface area contributed by atoms with E-state index in [-0.39, 0.29) is 11.7 Å². The molecule has 3 unspecified atom stereocenters. The van der Waals surface area contributed by atoms with Crippen LogP contribution in [0.3, 0.4) is 0 Å². The van der Waals surface area contributed by atoms with Gasteiger partial charge in [-0.25, -0.2) is 0 Å². The highest BCUT2D eigenvalue weighted by molar-refractivity contribution is 6.30. The Morgan fingerprint density at radius 1 is 1.26 bits per heavy atom. The van der Waals surface area contributed by atoms with Crippen molar-refractivity contribution in [1.82, 2.24) is 0 Å². The molecule has 0 amide bonds. The van der Waals surface area contributed by atoms with Crippen molar-refractivity contribution in [2.45, 2.75) is 46.0 Å². The number of benzene rings is 1. The molecule has 23 heavy (non-hydrogen) atoms. The molecule has 122 valence electrons. The lowest BCUT2D eigenvalue weighted by atomic mass is 9.58. The number of fused-ring (bicyclic) bond motifs is 1. The summed E-state index contributed by atoms with van der Waals surface area (Å²) in [5, 5.41) is 0.722. The average molecular weight is 329 g/mol. The third-order valence-electron chi connectivity index (χ3n) is 5.87. The summed E-state index contributed by atoms with van der Waals surface area (Å²) in [5.41, 5.74) is 2.94. The van der Waals surface area contributed by atoms with E-state index >= 15 is 0 Å². The Morgan fingerprint density at radius 2 is 2.00 bits per heavy atom. The molecule has 1 saturated carbocycles. The lowest BCUT2D eigenvalue weighted by Gasteiger charge is -2.47. The average Bonchev–Trinajstić information content (AvgIpc) is 2.54. The summed E-state index contributed by atoms with van der Waals surface area (Å²) in [4.78, 5) is 12.6. The summed E-state index contributed by atoms with van der Waals surface area (Å²) in [6, 6.07) is 7.60. The van der Waals surface area contributed by atoms with Gasteiger partial charge in [0.15, 0.2) is 5.78 Å². The molecule has 0 saturated heterocycles. The Bertz CT molecular complexity index is 640. The van der Waals surface area contributed by atoms with Crippen LogP contribution in [0, 0.1) is 17.3 Å². The van der Waals surface area contributed by atoms with Gasteiger partial charge in [-0.3, -0.25) is 4.79 Å². The minimum atomic E-state index is 0.179. The summed E-state index contributed by atoms with van der Waals surface area (Å²) >= 11 is 5.89. The van der Waals surface area contributed by atoms with E-state index in [1.165, 1.54) is 24.8 Å². The summed E-state index contributed by atoms with van der Waals surface area (Å²) in [7, 11) is 0. The molecular weight excluding hydrogens is 304 g/mol. The van der Waals surface area contributed by atoms with Crippen LogP contribution >= 0.6 is 11.6 Å². The molecule has 2 aliphatic carbocycles. The second-order valence-corrected chi connectivity index (χ2v) is 7.89. The van der Waals surface area contributed by atoms with Crippen molar-refractivity contribution in [3.8, 4) is 0 Å². The molecule has 0 aliphatic heterocycles. The van der Waals surface area contributed by atoms with E-state index < -0.39 is 0 Å². The molecular formula is C21H25ClO. The molecule has 0 aromatic heterocycles. The van der Waals surface area contributed by atoms with Crippen LogP contribution in [-0.4, -0.2) is 5.78 Å². The van der Waals surface area contributed by atoms with Crippen LogP contribution in [0.1, 0.15) is 51.5 Å². The largest absolute Gasteiger partial charge is 0.295 e. The molecule has 1 aromatic rings. The van der Waals surface area contributed by atoms with E-state index in [1.807, 2.05) is 30.3 Å². The maximum atomic E-state index is 12.6. The maximum absolute atomic E-state index is 12.6. The van der Waals surface area contributed by atoms with Crippen LogP contribution in [0.15, 0.2) is 42.0 Å². The number of carbonyl (C=O) groups is 1. The van der Waals surface area contributed by atoms with Crippen LogP contribution < -0.4 is 0 Å². The first-order valence-corrected chi connectivity index (χ1v) is 9.00. The first-order valence-electron chi connectivity index (χ1n) is 8.62. The normalized spacial score (nSPS) is 30.8. The van der Waals surface area contributed by atoms with Crippen LogP contribution in [-0.2, 0) is 4.79 Å². The summed E-state index contributed by atoms with van der Waals surface area (Å²) in [6.07, 6.45) is 11.8. The molecule has 1 aromatic carbocycles. The Kier molecular flexibility index (Phi) is 4.77. The second kappa shape index (κ2) is 6.65. The third-order valence-corrected chi connectivity index (χ3v) is 6.12. The van der Waals surface area contributed by atoms with E-state index in [2.05, 4.69) is 19.9 Å². The predicted molar refractivity (Wildman–Crippen MR) is 97.4 cm³/mol. The molecule has 2 aliphatic rings. The molecule has 0 heterocycles. The van der Waals surface area contributed by atoms with Crippen LogP contribution in [0.5, 0.6) is 0 Å². The van der Waals surface area contributed by atoms with Crippen molar-refractivity contribution in [2.24, 2.45) is 17.3 Å². The molecule has 0 N–H and O–H groups in total. The first kappa shape index (κ1) is 16.5. The lowest BCUT2D eigenvalue weighted by molar-refractivity contribution is -0.120. The third kappa shape index (κ3) is 3.61. The second-order valence-electron chi connectivity index (χ2n) is 7.45. The first-order chi connectivity index (χ1) is 11.0. The van der Waals surface area contributed by atoms with Crippen molar-refractivity contribution >= 4 is 23.5 Å². The molecule has 2 heteroatoms. The van der Waals surface area contributed by atoms with Crippen molar-refractivity contribution in [3.63, 3.8) is 0 Å². The zero-order chi connectivity index (χ0) is 16.4. The summed E-state index contributed by atoms with van der Waals surface area (Å²) < 4.78 is 0. The summed E-state index contributed by atoms with van der Waals surface area (Å²) in [5.74, 6) is 1.04. The molecule has 3 atom stereocenters. The highest BCUT2D eigenvalue weighted by Crippen LogP contribution is 2.52. The van der Waals surface area contributed by atoms with Crippen LogP contribution in [0.2, 0.25) is 5.02 Å². The Hall–Kier alpha value is -1.34. The Morgan fingerprint density at radius 3 is 2.74 bits per heavy atom. The smallest absolute Gasteiger partial charge is 0.158 e. The number of carbonyl (C=O) groups excluding carboxylic acids is 1. The van der Waals surface area contributed by atoms with Gasteiger partial charge in [0.1, 0.15) is 0 Å². The number of hydrogen-bond donors (Lipinski definition) is 0. The van der Waals surface area contributed by atoms with Gasteiger partial charge in [-0.15, -0.1) is 0 Å². The SMILES string of the molecule is CC1=CCCC2(C)CCC(C(=O)C=Cc3ccc(Cl)cc3)CC12. The molecule has 3 rings (SSSR count). The number of rotatable bonds is 3. The summed E-state index contributed by atoms with van der Waals surface area (Å²) in [6.45, 7) is 4.66. The van der Waals surface area contributed by atoms with Gasteiger partial charge in [-0.05, 0) is 74.1 Å². The molecule has 0 bridgehead atoms. The van der Waals surface area contributed by atoms with E-state index in [9.17, 15) is 4.79 Å². The van der Waals surface area contributed by atoms with E-state index in [0.717, 1.165) is 23.4 Å². The molecule has 1 nitrogen and oxygen atoms in total. The van der Waals surface area contributed by atoms with Crippen LogP contribution in [0.25, 0.3) is 6.08 Å². The van der Waals surface area contributed by atoms with Gasteiger partial charge in [-0.1, -0.05) is 48.4 Å².